The lowest BCUT2D eigenvalue weighted by Crippen LogP contribution is -2.37. The zero-order chi connectivity index (χ0) is 29.9. The fraction of sp³-hybridized carbons (Fsp3) is 0.333. The van der Waals surface area contributed by atoms with E-state index in [0.29, 0.717) is 23.2 Å². The molecule has 0 fully saturated rings. The van der Waals surface area contributed by atoms with Gasteiger partial charge in [-0.15, -0.1) is 0 Å². The SMILES string of the molecule is CC(OP(OC(C)[SiH2]C(c1ccccc1)c1ccccc1)N(C(C)C)C(C)C)[SiH2]C(c1ccccc1)c1ccccc1. The summed E-state index contributed by atoms with van der Waals surface area (Å²) in [6, 6.07) is 44.5. The van der Waals surface area contributed by atoms with Crippen LogP contribution in [0, 0.1) is 0 Å². The molecule has 0 N–H and O–H groups in total. The Balaban J connectivity index is 1.55. The first-order valence-electron chi connectivity index (χ1n) is 15.4. The molecule has 0 aliphatic heterocycles. The average molecular weight is 614 g/mol. The maximum absolute atomic E-state index is 7.02. The Morgan fingerprint density at radius 2 is 0.714 bits per heavy atom. The molecule has 4 aromatic carbocycles. The van der Waals surface area contributed by atoms with Crippen LogP contribution in [0.15, 0.2) is 121 Å². The third kappa shape index (κ3) is 9.31. The van der Waals surface area contributed by atoms with Crippen LogP contribution in [0.5, 0.6) is 0 Å². The number of hydrogen-bond acceptors (Lipinski definition) is 3. The Bertz CT molecular complexity index is 1120. The van der Waals surface area contributed by atoms with Crippen LogP contribution in [-0.4, -0.2) is 47.2 Å². The summed E-state index contributed by atoms with van der Waals surface area (Å²) in [5.41, 5.74) is 6.66. The molecule has 0 aliphatic rings. The van der Waals surface area contributed by atoms with Gasteiger partial charge >= 0.3 is 0 Å². The summed E-state index contributed by atoms with van der Waals surface area (Å²) in [7, 11) is -2.64. The molecule has 42 heavy (non-hydrogen) atoms. The lowest BCUT2D eigenvalue weighted by atomic mass is 10.0. The maximum atomic E-state index is 7.02. The van der Waals surface area contributed by atoms with Crippen LogP contribution in [0.25, 0.3) is 0 Å². The van der Waals surface area contributed by atoms with E-state index in [-0.39, 0.29) is 11.5 Å². The quantitative estimate of drug-likeness (QED) is 0.100. The van der Waals surface area contributed by atoms with Crippen molar-refractivity contribution in [1.82, 2.24) is 4.67 Å². The van der Waals surface area contributed by atoms with Gasteiger partial charge in [0.05, 0.1) is 19.0 Å². The van der Waals surface area contributed by atoms with Crippen molar-refractivity contribution in [2.24, 2.45) is 0 Å². The van der Waals surface area contributed by atoms with Crippen LogP contribution < -0.4 is 0 Å². The van der Waals surface area contributed by atoms with Crippen molar-refractivity contribution in [2.75, 3.05) is 0 Å². The monoisotopic (exact) mass is 613 g/mol. The zero-order valence-corrected chi connectivity index (χ0v) is 29.9. The fourth-order valence-corrected chi connectivity index (χ4v) is 12.4. The van der Waals surface area contributed by atoms with Gasteiger partial charge in [0.2, 0.25) is 0 Å². The lowest BCUT2D eigenvalue weighted by Gasteiger charge is -2.39. The highest BCUT2D eigenvalue weighted by atomic mass is 31.2. The Labute approximate surface area is 260 Å². The summed E-state index contributed by atoms with van der Waals surface area (Å²) in [5, 5.41) is 0. The molecular weight excluding hydrogens is 566 g/mol. The van der Waals surface area contributed by atoms with Gasteiger partial charge in [-0.25, -0.2) is 4.67 Å². The van der Waals surface area contributed by atoms with Crippen molar-refractivity contribution >= 4 is 27.6 Å². The maximum Gasteiger partial charge on any atom is 0.259 e. The molecule has 2 unspecified atom stereocenters. The standard InChI is InChI=1S/C36H48NO2PSi2/c1-27(2)37(28(3)4)40(38-29(5)41-35(31-19-11-7-12-20-31)32-21-13-8-14-22-32)39-30(6)42-36(33-23-15-9-16-24-33)34-25-17-10-18-26-34/h7-30,35-36H,41-42H2,1-6H3. The van der Waals surface area contributed by atoms with Crippen molar-refractivity contribution in [3.63, 3.8) is 0 Å². The third-order valence-corrected chi connectivity index (χ3v) is 15.2. The van der Waals surface area contributed by atoms with Crippen LogP contribution in [0.1, 0.15) is 74.9 Å². The molecule has 0 spiro atoms. The Hall–Kier alpha value is -2.38. The van der Waals surface area contributed by atoms with Gasteiger partial charge in [0.15, 0.2) is 0 Å². The predicted molar refractivity (Wildman–Crippen MR) is 187 cm³/mol. The van der Waals surface area contributed by atoms with Crippen LogP contribution in [0.3, 0.4) is 0 Å². The van der Waals surface area contributed by atoms with E-state index in [2.05, 4.69) is 168 Å². The number of benzene rings is 4. The van der Waals surface area contributed by atoms with Gasteiger partial charge in [-0.05, 0) is 63.8 Å². The van der Waals surface area contributed by atoms with Gasteiger partial charge in [0, 0.05) is 34.6 Å². The molecule has 0 aromatic heterocycles. The van der Waals surface area contributed by atoms with Gasteiger partial charge in [-0.2, -0.15) is 0 Å². The van der Waals surface area contributed by atoms with Gasteiger partial charge in [-0.1, -0.05) is 121 Å². The highest BCUT2D eigenvalue weighted by Crippen LogP contribution is 2.48. The number of nitrogens with zero attached hydrogens (tertiary/aromatic N) is 1. The van der Waals surface area contributed by atoms with E-state index < -0.39 is 27.6 Å². The van der Waals surface area contributed by atoms with E-state index >= 15 is 0 Å². The minimum Gasteiger partial charge on any atom is -0.323 e. The summed E-state index contributed by atoms with van der Waals surface area (Å²) in [4.78, 5) is 0. The molecule has 3 nitrogen and oxygen atoms in total. The average Bonchev–Trinajstić information content (AvgIpc) is 3.00. The Morgan fingerprint density at radius 1 is 0.452 bits per heavy atom. The van der Waals surface area contributed by atoms with Crippen molar-refractivity contribution < 1.29 is 9.05 Å². The zero-order valence-electron chi connectivity index (χ0n) is 26.1. The van der Waals surface area contributed by atoms with E-state index in [1.165, 1.54) is 22.3 Å². The van der Waals surface area contributed by atoms with Gasteiger partial charge in [0.25, 0.3) is 8.53 Å². The molecule has 6 heteroatoms. The largest absolute Gasteiger partial charge is 0.323 e. The van der Waals surface area contributed by atoms with E-state index in [1.807, 2.05) is 0 Å². The van der Waals surface area contributed by atoms with Crippen LogP contribution in [0.2, 0.25) is 0 Å². The first-order chi connectivity index (χ1) is 20.3. The molecule has 4 rings (SSSR count). The number of hydrogen-bond donors (Lipinski definition) is 0. The van der Waals surface area contributed by atoms with Crippen molar-refractivity contribution in [3.05, 3.63) is 144 Å². The minimum atomic E-state index is -1.22. The second-order valence-electron chi connectivity index (χ2n) is 11.9. The second kappa shape index (κ2) is 16.5. The summed E-state index contributed by atoms with van der Waals surface area (Å²) in [6.07, 6.45) is 0. The molecule has 222 valence electrons. The van der Waals surface area contributed by atoms with Gasteiger partial charge in [-0.3, -0.25) is 0 Å². The highest BCUT2D eigenvalue weighted by molar-refractivity contribution is 7.44. The minimum absolute atomic E-state index is 0.162. The summed E-state index contributed by atoms with van der Waals surface area (Å²) >= 11 is 0. The second-order valence-corrected chi connectivity index (χ2v) is 18.1. The van der Waals surface area contributed by atoms with E-state index in [0.717, 1.165) is 0 Å². The summed E-state index contributed by atoms with van der Waals surface area (Å²) in [5.74, 6) is 0. The molecule has 0 amide bonds. The molecule has 2 atom stereocenters. The van der Waals surface area contributed by atoms with Crippen molar-refractivity contribution in [2.45, 2.75) is 76.2 Å². The molecule has 0 radical (unpaired) electrons. The van der Waals surface area contributed by atoms with E-state index in [4.69, 9.17) is 9.05 Å². The number of rotatable bonds is 15. The molecular formula is C36H48NO2PSi2. The molecule has 0 bridgehead atoms. The highest BCUT2D eigenvalue weighted by Gasteiger charge is 2.32. The smallest absolute Gasteiger partial charge is 0.259 e. The summed E-state index contributed by atoms with van der Waals surface area (Å²) < 4.78 is 16.5. The van der Waals surface area contributed by atoms with E-state index in [1.54, 1.807) is 0 Å². The Kier molecular flexibility index (Phi) is 12.8. The lowest BCUT2D eigenvalue weighted by molar-refractivity contribution is 0.159. The van der Waals surface area contributed by atoms with Gasteiger partial charge < -0.3 is 9.05 Å². The van der Waals surface area contributed by atoms with Crippen LogP contribution in [-0.2, 0) is 9.05 Å². The Morgan fingerprint density at radius 3 is 0.952 bits per heavy atom. The normalized spacial score (nSPS) is 14.7. The van der Waals surface area contributed by atoms with Crippen LogP contribution >= 0.6 is 8.53 Å². The predicted octanol–water partition coefficient (Wildman–Crippen LogP) is 7.97. The first kappa shape index (κ1) is 32.5. The molecule has 4 aromatic rings. The van der Waals surface area contributed by atoms with Gasteiger partial charge in [0.1, 0.15) is 0 Å². The van der Waals surface area contributed by atoms with Crippen molar-refractivity contribution in [1.29, 1.82) is 0 Å². The fourth-order valence-electron chi connectivity index (χ4n) is 5.84. The van der Waals surface area contributed by atoms with Crippen LogP contribution in [0.4, 0.5) is 0 Å². The first-order valence-corrected chi connectivity index (χ1v) is 19.8. The molecule has 0 saturated carbocycles. The molecule has 0 saturated heterocycles. The third-order valence-electron chi connectivity index (χ3n) is 7.73. The topological polar surface area (TPSA) is 21.7 Å². The molecule has 0 heterocycles. The molecule has 0 aliphatic carbocycles. The summed E-state index contributed by atoms with van der Waals surface area (Å²) in [6.45, 7) is 13.6. The van der Waals surface area contributed by atoms with E-state index in [9.17, 15) is 0 Å². The van der Waals surface area contributed by atoms with Crippen molar-refractivity contribution in [3.8, 4) is 0 Å².